The first kappa shape index (κ1) is 20.5. The molecule has 0 radical (unpaired) electrons. The third kappa shape index (κ3) is 3.98. The smallest absolute Gasteiger partial charge is 0.368 e. The Morgan fingerprint density at radius 2 is 2.07 bits per heavy atom. The highest BCUT2D eigenvalue weighted by molar-refractivity contribution is 5.81. The number of likely N-dealkylation sites (tertiary alicyclic amines) is 1. The third-order valence-corrected chi connectivity index (χ3v) is 6.38. The molecule has 3 aliphatic rings. The van der Waals surface area contributed by atoms with E-state index >= 15 is 0 Å². The zero-order chi connectivity index (χ0) is 20.8. The summed E-state index contributed by atoms with van der Waals surface area (Å²) in [7, 11) is 0. The summed E-state index contributed by atoms with van der Waals surface area (Å²) in [5.41, 5.74) is 0.539. The van der Waals surface area contributed by atoms with Crippen LogP contribution >= 0.6 is 0 Å². The Morgan fingerprint density at radius 3 is 2.72 bits per heavy atom. The second-order valence-electron chi connectivity index (χ2n) is 8.73. The van der Waals surface area contributed by atoms with Gasteiger partial charge in [-0.25, -0.2) is 4.68 Å². The van der Waals surface area contributed by atoms with E-state index in [2.05, 4.69) is 10.4 Å². The molecule has 0 aromatic carbocycles. The van der Waals surface area contributed by atoms with Gasteiger partial charge in [0, 0.05) is 25.3 Å². The molecule has 1 N–H and O–H groups in total. The van der Waals surface area contributed by atoms with Crippen LogP contribution in [-0.2, 0) is 9.53 Å². The van der Waals surface area contributed by atoms with Crippen LogP contribution in [0.15, 0.2) is 6.07 Å². The van der Waals surface area contributed by atoms with E-state index in [1.54, 1.807) is 11.0 Å². The van der Waals surface area contributed by atoms with Gasteiger partial charge in [0.1, 0.15) is 11.9 Å². The van der Waals surface area contributed by atoms with Crippen LogP contribution < -0.4 is 5.32 Å². The van der Waals surface area contributed by atoms with Crippen molar-refractivity contribution in [3.63, 3.8) is 0 Å². The Morgan fingerprint density at radius 1 is 1.28 bits per heavy atom. The van der Waals surface area contributed by atoms with Crippen molar-refractivity contribution in [3.8, 4) is 0 Å². The quantitative estimate of drug-likeness (QED) is 0.810. The number of ether oxygens (including phenoxy) is 1. The fraction of sp³-hybridized carbons (Fsp3) is 0.800. The van der Waals surface area contributed by atoms with Crippen molar-refractivity contribution < 1.29 is 22.7 Å². The first-order valence-corrected chi connectivity index (χ1v) is 10.6. The van der Waals surface area contributed by atoms with Gasteiger partial charge in [0.15, 0.2) is 6.04 Å². The van der Waals surface area contributed by atoms with Gasteiger partial charge in [-0.3, -0.25) is 4.79 Å². The van der Waals surface area contributed by atoms with Crippen molar-refractivity contribution in [3.05, 3.63) is 11.8 Å². The van der Waals surface area contributed by atoms with Crippen LogP contribution in [0.5, 0.6) is 0 Å². The average Bonchev–Trinajstić information content (AvgIpc) is 3.35. The summed E-state index contributed by atoms with van der Waals surface area (Å²) >= 11 is 0. The molecule has 0 aliphatic carbocycles. The lowest BCUT2D eigenvalue weighted by Gasteiger charge is -2.36. The van der Waals surface area contributed by atoms with Gasteiger partial charge in [0.25, 0.3) is 5.91 Å². The molecule has 3 aliphatic heterocycles. The minimum Gasteiger partial charge on any atom is -0.368 e. The molecule has 4 rings (SSSR count). The molecule has 4 atom stereocenters. The highest BCUT2D eigenvalue weighted by Gasteiger charge is 2.47. The summed E-state index contributed by atoms with van der Waals surface area (Å²) in [6, 6.07) is -0.508. The lowest BCUT2D eigenvalue weighted by atomic mass is 9.94. The summed E-state index contributed by atoms with van der Waals surface area (Å²) < 4.78 is 47.9. The van der Waals surface area contributed by atoms with Crippen molar-refractivity contribution in [1.29, 1.82) is 0 Å². The molecule has 0 spiro atoms. The SMILES string of the molecule is CC(C)[C@@H]1C[C@H](C(F)(F)F)n2nc(C3CCCCN3C(=O)C3CCCO3)cc2N1. The highest BCUT2D eigenvalue weighted by atomic mass is 19.4. The molecule has 9 heteroatoms. The Kier molecular flexibility index (Phi) is 5.52. The number of carbonyl (C=O) groups is 1. The van der Waals surface area contributed by atoms with E-state index in [0.717, 1.165) is 23.9 Å². The highest BCUT2D eigenvalue weighted by Crippen LogP contribution is 2.42. The van der Waals surface area contributed by atoms with Crippen molar-refractivity contribution in [2.75, 3.05) is 18.5 Å². The van der Waals surface area contributed by atoms with Gasteiger partial charge in [-0.2, -0.15) is 18.3 Å². The molecule has 0 saturated carbocycles. The van der Waals surface area contributed by atoms with Gasteiger partial charge in [0.2, 0.25) is 0 Å². The first-order chi connectivity index (χ1) is 13.8. The van der Waals surface area contributed by atoms with E-state index < -0.39 is 18.3 Å². The van der Waals surface area contributed by atoms with Gasteiger partial charge in [-0.1, -0.05) is 13.8 Å². The van der Waals surface area contributed by atoms with Gasteiger partial charge in [-0.15, -0.1) is 0 Å². The second-order valence-corrected chi connectivity index (χ2v) is 8.73. The molecule has 4 heterocycles. The largest absolute Gasteiger partial charge is 0.410 e. The van der Waals surface area contributed by atoms with Gasteiger partial charge >= 0.3 is 6.18 Å². The number of amides is 1. The number of hydrogen-bond acceptors (Lipinski definition) is 4. The lowest BCUT2D eigenvalue weighted by Crippen LogP contribution is -2.44. The Labute approximate surface area is 168 Å². The van der Waals surface area contributed by atoms with Crippen molar-refractivity contribution in [1.82, 2.24) is 14.7 Å². The Hall–Kier alpha value is -1.77. The first-order valence-electron chi connectivity index (χ1n) is 10.6. The van der Waals surface area contributed by atoms with Crippen LogP contribution in [0.3, 0.4) is 0 Å². The molecule has 2 fully saturated rings. The summed E-state index contributed by atoms with van der Waals surface area (Å²) in [6.07, 6.45) is -0.755. The van der Waals surface area contributed by atoms with E-state index in [1.807, 2.05) is 13.8 Å². The number of alkyl halides is 3. The average molecular weight is 414 g/mol. The minimum atomic E-state index is -4.37. The topological polar surface area (TPSA) is 59.4 Å². The zero-order valence-corrected chi connectivity index (χ0v) is 16.9. The van der Waals surface area contributed by atoms with Crippen molar-refractivity contribution in [2.24, 2.45) is 5.92 Å². The second kappa shape index (κ2) is 7.81. The lowest BCUT2D eigenvalue weighted by molar-refractivity contribution is -0.174. The summed E-state index contributed by atoms with van der Waals surface area (Å²) in [5.74, 6) is 0.403. The van der Waals surface area contributed by atoms with Crippen LogP contribution in [0.2, 0.25) is 0 Å². The fourth-order valence-electron chi connectivity index (χ4n) is 4.68. The molecular weight excluding hydrogens is 385 g/mol. The molecule has 6 nitrogen and oxygen atoms in total. The maximum absolute atomic E-state index is 13.7. The molecule has 1 aromatic rings. The van der Waals surface area contributed by atoms with E-state index in [1.165, 1.54) is 0 Å². The molecular formula is C20H29F3N4O2. The van der Waals surface area contributed by atoms with Gasteiger partial charge in [0.05, 0.1) is 11.7 Å². The zero-order valence-electron chi connectivity index (χ0n) is 16.9. The van der Waals surface area contributed by atoms with Gasteiger partial charge in [-0.05, 0) is 44.4 Å². The van der Waals surface area contributed by atoms with E-state index in [0.29, 0.717) is 37.5 Å². The fourth-order valence-corrected chi connectivity index (χ4v) is 4.68. The summed E-state index contributed by atoms with van der Waals surface area (Å²) in [6.45, 7) is 5.01. The maximum Gasteiger partial charge on any atom is 0.410 e. The number of piperidine rings is 1. The Balaban J connectivity index is 1.64. The third-order valence-electron chi connectivity index (χ3n) is 6.38. The molecule has 29 heavy (non-hydrogen) atoms. The van der Waals surface area contributed by atoms with Crippen molar-refractivity contribution >= 4 is 11.7 Å². The predicted octanol–water partition coefficient (Wildman–Crippen LogP) is 4.06. The van der Waals surface area contributed by atoms with Crippen LogP contribution in [-0.4, -0.2) is 52.1 Å². The van der Waals surface area contributed by atoms with E-state index in [4.69, 9.17) is 4.74 Å². The number of nitrogens with zero attached hydrogens (tertiary/aromatic N) is 3. The summed E-state index contributed by atoms with van der Waals surface area (Å²) in [4.78, 5) is 14.7. The monoisotopic (exact) mass is 414 g/mol. The molecule has 2 saturated heterocycles. The number of carbonyl (C=O) groups excluding carboxylic acids is 1. The number of hydrogen-bond donors (Lipinski definition) is 1. The number of halogens is 3. The van der Waals surface area contributed by atoms with E-state index in [9.17, 15) is 18.0 Å². The number of aromatic nitrogens is 2. The van der Waals surface area contributed by atoms with E-state index in [-0.39, 0.29) is 30.3 Å². The molecule has 2 unspecified atom stereocenters. The van der Waals surface area contributed by atoms with Gasteiger partial charge < -0.3 is 15.0 Å². The number of fused-ring (bicyclic) bond motifs is 1. The van der Waals surface area contributed by atoms with Crippen LogP contribution in [0, 0.1) is 5.92 Å². The predicted molar refractivity (Wildman–Crippen MR) is 101 cm³/mol. The molecule has 0 bridgehead atoms. The molecule has 1 amide bonds. The molecule has 162 valence electrons. The standard InChI is InChI=1S/C20H29F3N4O2/c1-12(2)13-10-17(20(21,22)23)27-18(24-13)11-14(25-27)15-6-3-4-8-26(15)19(28)16-7-5-9-29-16/h11-13,15-17,24H,3-10H2,1-2H3/t13-,15?,16?,17+/m0/s1. The summed E-state index contributed by atoms with van der Waals surface area (Å²) in [5, 5.41) is 7.60. The molecule has 1 aromatic heterocycles. The van der Waals surface area contributed by atoms with Crippen LogP contribution in [0.25, 0.3) is 0 Å². The van der Waals surface area contributed by atoms with Crippen LogP contribution in [0.1, 0.15) is 70.2 Å². The number of nitrogens with one attached hydrogen (secondary N) is 1. The Bertz CT molecular complexity index is 743. The van der Waals surface area contributed by atoms with Crippen LogP contribution in [0.4, 0.5) is 19.0 Å². The van der Waals surface area contributed by atoms with Crippen molar-refractivity contribution in [2.45, 2.75) is 82.8 Å². The normalized spacial score (nSPS) is 30.3. The minimum absolute atomic E-state index is 0.0431. The maximum atomic E-state index is 13.7. The number of anilines is 1. The number of rotatable bonds is 3.